The Hall–Kier alpha value is -4.61. The zero-order valence-electron chi connectivity index (χ0n) is 28.2. The third-order valence-electron chi connectivity index (χ3n) is 8.35. The first-order valence-corrected chi connectivity index (χ1v) is 16.0. The van der Waals surface area contributed by atoms with Gasteiger partial charge in [-0.2, -0.15) is 0 Å². The smallest absolute Gasteiger partial charge is 0.413 e. The van der Waals surface area contributed by atoms with Crippen molar-refractivity contribution in [1.82, 2.24) is 4.90 Å². The van der Waals surface area contributed by atoms with Gasteiger partial charge in [-0.25, -0.2) is 9.59 Å². The van der Waals surface area contributed by atoms with Crippen LogP contribution in [0, 0.1) is 17.8 Å². The summed E-state index contributed by atoms with van der Waals surface area (Å²) >= 11 is 0. The highest BCUT2D eigenvalue weighted by Crippen LogP contribution is 2.41. The first-order valence-electron chi connectivity index (χ1n) is 16.0. The van der Waals surface area contributed by atoms with Gasteiger partial charge in [-0.3, -0.25) is 9.69 Å². The number of esters is 2. The van der Waals surface area contributed by atoms with Crippen molar-refractivity contribution in [3.63, 3.8) is 0 Å². The largest absolute Gasteiger partial charge is 0.469 e. The van der Waals surface area contributed by atoms with Crippen LogP contribution in [0.15, 0.2) is 84.9 Å². The molecular formula is C37H45NO10. The monoisotopic (exact) mass is 663 g/mol. The maximum Gasteiger partial charge on any atom is 0.413 e. The Kier molecular flexibility index (Phi) is 13.2. The predicted molar refractivity (Wildman–Crippen MR) is 175 cm³/mol. The average Bonchev–Trinajstić information content (AvgIpc) is 3.10. The van der Waals surface area contributed by atoms with E-state index in [0.29, 0.717) is 11.5 Å². The Morgan fingerprint density at radius 3 is 2.10 bits per heavy atom. The lowest BCUT2D eigenvalue weighted by molar-refractivity contribution is -0.315. The Morgan fingerprint density at radius 1 is 0.875 bits per heavy atom. The summed E-state index contributed by atoms with van der Waals surface area (Å²) in [5.41, 5.74) is 1.77. The quantitative estimate of drug-likeness (QED) is 0.103. The standard InChI is InChI=1S/C37H45NO10/c1-26-20-37(35(40)42-5,48-34(28(26)3)27(2)22-43-29(4)39)47-25-46-33-19-13-12-18-32(33)45-24-38(21-30-14-8-6-9-15-30)36(41)44-23-31-16-10-7-11-17-31/h6-19,26-28,34H,20-25H2,1-5H3/t26-,27-,28-,34?,37-/m1/s1. The van der Waals surface area contributed by atoms with Gasteiger partial charge in [0.25, 0.3) is 5.79 Å². The molecule has 0 spiro atoms. The van der Waals surface area contributed by atoms with Gasteiger partial charge in [-0.1, -0.05) is 93.6 Å². The number of ether oxygens (including phenoxy) is 7. The lowest BCUT2D eigenvalue weighted by Crippen LogP contribution is -2.57. The second-order valence-electron chi connectivity index (χ2n) is 12.0. The molecule has 4 rings (SSSR count). The summed E-state index contributed by atoms with van der Waals surface area (Å²) in [6, 6.07) is 25.9. The second kappa shape index (κ2) is 17.5. The second-order valence-corrected chi connectivity index (χ2v) is 12.0. The molecule has 1 amide bonds. The molecule has 5 atom stereocenters. The number of carbonyl (C=O) groups excluding carboxylic acids is 3. The highest BCUT2D eigenvalue weighted by molar-refractivity contribution is 5.78. The van der Waals surface area contributed by atoms with E-state index in [-0.39, 0.29) is 57.5 Å². The lowest BCUT2D eigenvalue weighted by atomic mass is 9.78. The highest BCUT2D eigenvalue weighted by atomic mass is 16.8. The van der Waals surface area contributed by atoms with E-state index in [9.17, 15) is 14.4 Å². The summed E-state index contributed by atoms with van der Waals surface area (Å²) in [5.74, 6) is -2.30. The Morgan fingerprint density at radius 2 is 1.48 bits per heavy atom. The van der Waals surface area contributed by atoms with Crippen LogP contribution < -0.4 is 9.47 Å². The first-order chi connectivity index (χ1) is 23.1. The number of para-hydroxylation sites is 2. The van der Waals surface area contributed by atoms with E-state index in [1.54, 1.807) is 24.3 Å². The molecule has 0 aromatic heterocycles. The minimum absolute atomic E-state index is 0.00971. The zero-order chi connectivity index (χ0) is 34.5. The van der Waals surface area contributed by atoms with Gasteiger partial charge in [-0.15, -0.1) is 0 Å². The summed E-state index contributed by atoms with van der Waals surface area (Å²) in [6.07, 6.45) is -0.765. The van der Waals surface area contributed by atoms with E-state index in [2.05, 4.69) is 0 Å². The van der Waals surface area contributed by atoms with Crippen LogP contribution in [0.2, 0.25) is 0 Å². The molecule has 0 aliphatic carbocycles. The number of benzene rings is 3. The molecule has 11 nitrogen and oxygen atoms in total. The Balaban J connectivity index is 1.43. The van der Waals surface area contributed by atoms with Crippen LogP contribution in [-0.4, -0.2) is 62.1 Å². The number of methoxy groups -OCH3 is 1. The summed E-state index contributed by atoms with van der Waals surface area (Å²) in [6.45, 7) is 7.30. The number of amides is 1. The van der Waals surface area contributed by atoms with Crippen molar-refractivity contribution in [2.75, 3.05) is 27.2 Å². The first kappa shape index (κ1) is 36.2. The number of rotatable bonds is 15. The molecule has 0 N–H and O–H groups in total. The fourth-order valence-electron chi connectivity index (χ4n) is 5.53. The predicted octanol–water partition coefficient (Wildman–Crippen LogP) is 6.34. The van der Waals surface area contributed by atoms with E-state index in [1.807, 2.05) is 81.4 Å². The van der Waals surface area contributed by atoms with Gasteiger partial charge in [0.05, 0.1) is 26.4 Å². The fraction of sp³-hybridized carbons (Fsp3) is 0.432. The molecule has 0 bridgehead atoms. The van der Waals surface area contributed by atoms with Gasteiger partial charge in [0, 0.05) is 19.3 Å². The number of nitrogens with zero attached hydrogens (tertiary/aromatic N) is 1. The van der Waals surface area contributed by atoms with Gasteiger partial charge in [-0.05, 0) is 35.1 Å². The van der Waals surface area contributed by atoms with Gasteiger partial charge in [0.15, 0.2) is 25.0 Å². The minimum Gasteiger partial charge on any atom is -0.469 e. The zero-order valence-corrected chi connectivity index (χ0v) is 28.2. The molecule has 3 aromatic carbocycles. The van der Waals surface area contributed by atoms with Crippen LogP contribution in [0.1, 0.15) is 45.2 Å². The van der Waals surface area contributed by atoms with Crippen molar-refractivity contribution < 1.29 is 47.5 Å². The fourth-order valence-corrected chi connectivity index (χ4v) is 5.53. The van der Waals surface area contributed by atoms with Crippen LogP contribution >= 0.6 is 0 Å². The number of carbonyl (C=O) groups is 3. The molecule has 1 saturated heterocycles. The van der Waals surface area contributed by atoms with Crippen molar-refractivity contribution in [2.24, 2.45) is 17.8 Å². The van der Waals surface area contributed by atoms with Crippen molar-refractivity contribution in [3.05, 3.63) is 96.1 Å². The third-order valence-corrected chi connectivity index (χ3v) is 8.35. The van der Waals surface area contributed by atoms with E-state index in [4.69, 9.17) is 33.2 Å². The van der Waals surface area contributed by atoms with Crippen molar-refractivity contribution in [1.29, 1.82) is 0 Å². The molecule has 258 valence electrons. The molecule has 0 saturated carbocycles. The summed E-state index contributed by atoms with van der Waals surface area (Å²) in [7, 11) is 1.27. The Bertz CT molecular complexity index is 1470. The number of hydrogen-bond acceptors (Lipinski definition) is 10. The molecule has 11 heteroatoms. The van der Waals surface area contributed by atoms with Crippen molar-refractivity contribution in [2.45, 2.75) is 59.2 Å². The van der Waals surface area contributed by atoms with E-state index < -0.39 is 29.9 Å². The van der Waals surface area contributed by atoms with Crippen molar-refractivity contribution >= 4 is 18.0 Å². The van der Waals surface area contributed by atoms with Crippen LogP contribution in [0.4, 0.5) is 4.79 Å². The molecular weight excluding hydrogens is 618 g/mol. The highest BCUT2D eigenvalue weighted by Gasteiger charge is 2.53. The summed E-state index contributed by atoms with van der Waals surface area (Å²) < 4.78 is 40.4. The van der Waals surface area contributed by atoms with Crippen LogP contribution in [0.25, 0.3) is 0 Å². The molecule has 1 aliphatic rings. The van der Waals surface area contributed by atoms with Crippen LogP contribution in [-0.2, 0) is 46.4 Å². The van der Waals surface area contributed by atoms with E-state index in [1.165, 1.54) is 18.9 Å². The average molecular weight is 664 g/mol. The SMILES string of the molecule is COC(=O)[C@@]1(OCOc2ccccc2OCN(Cc2ccccc2)C(=O)OCc2ccccc2)C[C@@H](C)[C@@H](C)C([C@H](C)COC(C)=O)O1. The van der Waals surface area contributed by atoms with Gasteiger partial charge >= 0.3 is 18.0 Å². The van der Waals surface area contributed by atoms with Gasteiger partial charge in [0.1, 0.15) is 6.61 Å². The Labute approximate surface area is 282 Å². The maximum atomic E-state index is 13.2. The number of hydrogen-bond donors (Lipinski definition) is 0. The topological polar surface area (TPSA) is 119 Å². The van der Waals surface area contributed by atoms with Gasteiger partial charge in [0.2, 0.25) is 0 Å². The molecule has 48 heavy (non-hydrogen) atoms. The van der Waals surface area contributed by atoms with E-state index >= 15 is 0 Å². The lowest BCUT2D eigenvalue weighted by Gasteiger charge is -2.46. The summed E-state index contributed by atoms with van der Waals surface area (Å²) in [5, 5.41) is 0. The van der Waals surface area contributed by atoms with E-state index in [0.717, 1.165) is 11.1 Å². The van der Waals surface area contributed by atoms with Crippen molar-refractivity contribution in [3.8, 4) is 11.5 Å². The van der Waals surface area contributed by atoms with Crippen LogP contribution in [0.3, 0.4) is 0 Å². The third kappa shape index (κ3) is 9.95. The molecule has 1 fully saturated rings. The molecule has 0 radical (unpaired) electrons. The normalized spacial score (nSPS) is 21.0. The molecule has 1 heterocycles. The molecule has 1 unspecified atom stereocenters. The maximum absolute atomic E-state index is 13.2. The molecule has 3 aromatic rings. The summed E-state index contributed by atoms with van der Waals surface area (Å²) in [4.78, 5) is 39.2. The van der Waals surface area contributed by atoms with Gasteiger partial charge < -0.3 is 33.2 Å². The van der Waals surface area contributed by atoms with Crippen LogP contribution in [0.5, 0.6) is 11.5 Å². The molecule has 1 aliphatic heterocycles. The minimum atomic E-state index is -1.74.